The van der Waals surface area contributed by atoms with Crippen molar-refractivity contribution in [3.8, 4) is 0 Å². The largest absolute Gasteiger partial charge is 0.453 e. The predicted octanol–water partition coefficient (Wildman–Crippen LogP) is 0.664. The van der Waals surface area contributed by atoms with Crippen molar-refractivity contribution in [2.45, 2.75) is 45.3 Å². The minimum Gasteiger partial charge on any atom is -0.453 e. The molecule has 2 amide bonds. The fraction of sp³-hybridized carbons (Fsp3) is 0.833. The Hall–Kier alpha value is -1.30. The van der Waals surface area contributed by atoms with Crippen LogP contribution in [0.25, 0.3) is 0 Å². The van der Waals surface area contributed by atoms with Crippen LogP contribution in [0.15, 0.2) is 0 Å². The van der Waals surface area contributed by atoms with E-state index in [1.54, 1.807) is 18.7 Å². The molecule has 3 N–H and O–H groups in total. The van der Waals surface area contributed by atoms with Gasteiger partial charge in [0.25, 0.3) is 5.91 Å². The number of carbonyl (C=O) groups is 2. The van der Waals surface area contributed by atoms with Crippen LogP contribution >= 0.6 is 0 Å². The summed E-state index contributed by atoms with van der Waals surface area (Å²) in [6, 6.07) is 0.165. The highest BCUT2D eigenvalue weighted by Crippen LogP contribution is 2.22. The molecule has 1 rings (SSSR count). The Morgan fingerprint density at radius 1 is 1.50 bits per heavy atom. The van der Waals surface area contributed by atoms with Gasteiger partial charge in [-0.1, -0.05) is 13.8 Å². The molecule has 1 saturated heterocycles. The monoisotopic (exact) mass is 257 g/mol. The third-order valence-corrected chi connectivity index (χ3v) is 3.57. The molecule has 1 fully saturated rings. The van der Waals surface area contributed by atoms with Crippen LogP contribution in [0, 0.1) is 5.92 Å². The third-order valence-electron chi connectivity index (χ3n) is 3.57. The molecule has 0 radical (unpaired) electrons. The summed E-state index contributed by atoms with van der Waals surface area (Å²) in [6.07, 6.45) is 1.25. The lowest BCUT2D eigenvalue weighted by molar-refractivity contribution is -0.140. The molecule has 18 heavy (non-hydrogen) atoms. The average molecular weight is 257 g/mol. The molecule has 6 nitrogen and oxygen atoms in total. The molecule has 1 heterocycles. The summed E-state index contributed by atoms with van der Waals surface area (Å²) in [5.74, 6) is -0.468. The van der Waals surface area contributed by atoms with Gasteiger partial charge >= 0.3 is 6.09 Å². The number of alkyl carbamates (subject to hydrolysis) is 1. The minimum atomic E-state index is -1.41. The molecule has 0 aliphatic carbocycles. The molecule has 2 atom stereocenters. The van der Waals surface area contributed by atoms with Crippen LogP contribution in [0.5, 0.6) is 0 Å². The van der Waals surface area contributed by atoms with E-state index in [1.807, 2.05) is 6.92 Å². The second-order valence-electron chi connectivity index (χ2n) is 5.13. The number of nitrogens with one attached hydrogen (secondary N) is 1. The highest BCUT2D eigenvalue weighted by atomic mass is 16.5. The van der Waals surface area contributed by atoms with Crippen LogP contribution in [0.3, 0.4) is 0 Å². The van der Waals surface area contributed by atoms with Crippen LogP contribution in [0.1, 0.15) is 33.6 Å². The number of rotatable bonds is 3. The van der Waals surface area contributed by atoms with Gasteiger partial charge in [-0.25, -0.2) is 4.79 Å². The zero-order chi connectivity index (χ0) is 13.9. The zero-order valence-electron chi connectivity index (χ0n) is 11.5. The lowest BCUT2D eigenvalue weighted by Gasteiger charge is -2.37. The molecule has 0 saturated carbocycles. The van der Waals surface area contributed by atoms with Gasteiger partial charge in [0.2, 0.25) is 0 Å². The first-order valence-electron chi connectivity index (χ1n) is 6.29. The van der Waals surface area contributed by atoms with Gasteiger partial charge < -0.3 is 15.4 Å². The summed E-state index contributed by atoms with van der Waals surface area (Å²) in [5, 5.41) is 2.47. The Morgan fingerprint density at radius 3 is 2.50 bits per heavy atom. The zero-order valence-corrected chi connectivity index (χ0v) is 11.5. The fourth-order valence-corrected chi connectivity index (χ4v) is 2.14. The van der Waals surface area contributed by atoms with Gasteiger partial charge in [-0.15, -0.1) is 0 Å². The Balaban J connectivity index is 2.89. The Bertz CT molecular complexity index is 333. The van der Waals surface area contributed by atoms with Crippen LogP contribution in [-0.2, 0) is 9.53 Å². The van der Waals surface area contributed by atoms with E-state index in [-0.39, 0.29) is 17.9 Å². The van der Waals surface area contributed by atoms with E-state index in [0.717, 1.165) is 12.8 Å². The molecule has 1 aliphatic rings. The van der Waals surface area contributed by atoms with Crippen LogP contribution in [0.4, 0.5) is 4.79 Å². The number of nitrogens with zero attached hydrogens (tertiary/aromatic N) is 1. The lowest BCUT2D eigenvalue weighted by atomic mass is 9.95. The Morgan fingerprint density at radius 2 is 2.11 bits per heavy atom. The number of ether oxygens (including phenoxy) is 1. The van der Waals surface area contributed by atoms with E-state index >= 15 is 0 Å². The van der Waals surface area contributed by atoms with E-state index in [9.17, 15) is 9.59 Å². The van der Waals surface area contributed by atoms with Crippen LogP contribution < -0.4 is 11.1 Å². The van der Waals surface area contributed by atoms with Crippen molar-refractivity contribution in [2.75, 3.05) is 13.7 Å². The highest BCUT2D eigenvalue weighted by molar-refractivity contribution is 5.90. The second kappa shape index (κ2) is 5.56. The van der Waals surface area contributed by atoms with Crippen molar-refractivity contribution < 1.29 is 14.3 Å². The molecule has 1 unspecified atom stereocenters. The number of nitrogens with two attached hydrogens (primary N) is 1. The van der Waals surface area contributed by atoms with Gasteiger partial charge in [-0.2, -0.15) is 0 Å². The summed E-state index contributed by atoms with van der Waals surface area (Å²) in [5.41, 5.74) is 4.69. The van der Waals surface area contributed by atoms with Gasteiger partial charge in [0, 0.05) is 12.6 Å². The SMILES string of the molecule is COC(=O)NC(N)(C(=O)N1CCC[C@H]1C)C(C)C. The molecular formula is C12H23N3O3. The standard InChI is InChI=1S/C12H23N3O3/c1-8(2)12(13,14-11(17)18-4)10(16)15-7-5-6-9(15)3/h8-9H,5-7,13H2,1-4H3,(H,14,17)/t9-,12?/m1/s1. The van der Waals surface area contributed by atoms with E-state index in [1.165, 1.54) is 7.11 Å². The van der Waals surface area contributed by atoms with Crippen molar-refractivity contribution in [1.82, 2.24) is 10.2 Å². The maximum atomic E-state index is 12.5. The molecule has 6 heteroatoms. The third kappa shape index (κ3) is 2.75. The van der Waals surface area contributed by atoms with Crippen molar-refractivity contribution in [3.63, 3.8) is 0 Å². The molecular weight excluding hydrogens is 234 g/mol. The van der Waals surface area contributed by atoms with Gasteiger partial charge in [0.15, 0.2) is 5.66 Å². The summed E-state index contributed by atoms with van der Waals surface area (Å²) in [6.45, 7) is 6.28. The number of hydrogen-bond acceptors (Lipinski definition) is 4. The van der Waals surface area contributed by atoms with E-state index in [0.29, 0.717) is 6.54 Å². The molecule has 104 valence electrons. The van der Waals surface area contributed by atoms with Crippen molar-refractivity contribution in [2.24, 2.45) is 11.7 Å². The van der Waals surface area contributed by atoms with Crippen molar-refractivity contribution in [3.05, 3.63) is 0 Å². The van der Waals surface area contributed by atoms with Gasteiger partial charge in [-0.3, -0.25) is 10.1 Å². The minimum absolute atomic E-state index is 0.165. The Kier molecular flexibility index (Phi) is 4.56. The number of amides is 2. The number of hydrogen-bond donors (Lipinski definition) is 2. The van der Waals surface area contributed by atoms with Gasteiger partial charge in [0.1, 0.15) is 0 Å². The summed E-state index contributed by atoms with van der Waals surface area (Å²) in [7, 11) is 1.25. The first kappa shape index (κ1) is 14.8. The normalized spacial score (nSPS) is 22.8. The maximum Gasteiger partial charge on any atom is 0.408 e. The molecule has 0 spiro atoms. The first-order chi connectivity index (χ1) is 8.32. The second-order valence-corrected chi connectivity index (χ2v) is 5.13. The number of likely N-dealkylation sites (tertiary alicyclic amines) is 1. The molecule has 0 aromatic carbocycles. The lowest BCUT2D eigenvalue weighted by Crippen LogP contribution is -2.68. The van der Waals surface area contributed by atoms with Crippen molar-refractivity contribution in [1.29, 1.82) is 0 Å². The van der Waals surface area contributed by atoms with E-state index in [2.05, 4.69) is 10.1 Å². The maximum absolute atomic E-state index is 12.5. The quantitative estimate of drug-likeness (QED) is 0.728. The first-order valence-corrected chi connectivity index (χ1v) is 6.29. The van der Waals surface area contributed by atoms with Crippen LogP contribution in [-0.4, -0.2) is 42.3 Å². The summed E-state index contributed by atoms with van der Waals surface area (Å²) in [4.78, 5) is 25.6. The highest BCUT2D eigenvalue weighted by Gasteiger charge is 2.44. The van der Waals surface area contributed by atoms with E-state index in [4.69, 9.17) is 5.73 Å². The predicted molar refractivity (Wildman–Crippen MR) is 67.7 cm³/mol. The topological polar surface area (TPSA) is 84.7 Å². The smallest absolute Gasteiger partial charge is 0.408 e. The van der Waals surface area contributed by atoms with Gasteiger partial charge in [0.05, 0.1) is 7.11 Å². The molecule has 0 aromatic heterocycles. The fourth-order valence-electron chi connectivity index (χ4n) is 2.14. The average Bonchev–Trinajstić information content (AvgIpc) is 2.73. The molecule has 1 aliphatic heterocycles. The molecule has 0 aromatic rings. The van der Waals surface area contributed by atoms with Crippen molar-refractivity contribution >= 4 is 12.0 Å². The summed E-state index contributed by atoms with van der Waals surface area (Å²) >= 11 is 0. The van der Waals surface area contributed by atoms with Crippen LogP contribution in [0.2, 0.25) is 0 Å². The summed E-state index contributed by atoms with van der Waals surface area (Å²) < 4.78 is 4.53. The number of carbonyl (C=O) groups excluding carboxylic acids is 2. The van der Waals surface area contributed by atoms with Gasteiger partial charge in [-0.05, 0) is 25.7 Å². The molecule has 0 bridgehead atoms. The number of methoxy groups -OCH3 is 1. The Labute approximate surface area is 108 Å². The van der Waals surface area contributed by atoms with E-state index < -0.39 is 11.8 Å².